The van der Waals surface area contributed by atoms with Gasteiger partial charge in [0.25, 0.3) is 5.91 Å². The second-order valence-electron chi connectivity index (χ2n) is 4.46. The molecule has 1 atom stereocenters. The summed E-state index contributed by atoms with van der Waals surface area (Å²) >= 11 is 0. The maximum absolute atomic E-state index is 11.2. The molecule has 1 amide bonds. The zero-order valence-corrected chi connectivity index (χ0v) is 9.97. The molecule has 0 spiro atoms. The Labute approximate surface area is 105 Å². The van der Waals surface area contributed by atoms with Crippen LogP contribution < -0.4 is 11.1 Å². The fourth-order valence-corrected chi connectivity index (χ4v) is 2.40. The molecule has 3 N–H and O–H groups in total. The van der Waals surface area contributed by atoms with Crippen molar-refractivity contribution >= 4 is 22.5 Å². The Bertz CT molecular complexity index is 676. The molecule has 3 rings (SSSR count). The minimum atomic E-state index is -0.436. The number of nitrogens with two attached hydrogens (primary N) is 1. The summed E-state index contributed by atoms with van der Waals surface area (Å²) in [6.45, 7) is 2.04. The molecule has 1 aliphatic rings. The molecule has 90 valence electrons. The Morgan fingerprint density at radius 1 is 1.39 bits per heavy atom. The normalized spacial score (nSPS) is 17.8. The van der Waals surface area contributed by atoms with Gasteiger partial charge in [-0.05, 0) is 18.2 Å². The summed E-state index contributed by atoms with van der Waals surface area (Å²) in [6, 6.07) is 7.90. The van der Waals surface area contributed by atoms with Crippen molar-refractivity contribution in [2.45, 2.75) is 12.8 Å². The van der Waals surface area contributed by atoms with Gasteiger partial charge < -0.3 is 11.1 Å². The van der Waals surface area contributed by atoms with Gasteiger partial charge in [0, 0.05) is 28.8 Å². The standard InChI is InChI=1S/C14H13N3O/c1-8-7-11(14(15)18)17-10-5-4-9-3-2-6-16-13(9)12(8)10/h2-8,17H,1H3,(H2,15,18). The van der Waals surface area contributed by atoms with Gasteiger partial charge in [0.2, 0.25) is 0 Å². The first-order valence-corrected chi connectivity index (χ1v) is 5.83. The number of rotatable bonds is 1. The van der Waals surface area contributed by atoms with Crippen LogP contribution in [-0.4, -0.2) is 10.9 Å². The van der Waals surface area contributed by atoms with Gasteiger partial charge in [0.1, 0.15) is 5.70 Å². The monoisotopic (exact) mass is 239 g/mol. The average Bonchev–Trinajstić information content (AvgIpc) is 2.37. The molecular weight excluding hydrogens is 226 g/mol. The highest BCUT2D eigenvalue weighted by atomic mass is 16.1. The predicted octanol–water partition coefficient (Wildman–Crippen LogP) is 2.13. The van der Waals surface area contributed by atoms with Gasteiger partial charge in [-0.3, -0.25) is 9.78 Å². The molecule has 2 heterocycles. The van der Waals surface area contributed by atoms with E-state index in [1.807, 2.05) is 37.3 Å². The number of carbonyl (C=O) groups is 1. The van der Waals surface area contributed by atoms with Crippen LogP contribution in [0.4, 0.5) is 5.69 Å². The Morgan fingerprint density at radius 3 is 3.00 bits per heavy atom. The van der Waals surface area contributed by atoms with E-state index in [0.717, 1.165) is 22.2 Å². The van der Waals surface area contributed by atoms with Crippen LogP contribution >= 0.6 is 0 Å². The van der Waals surface area contributed by atoms with Crippen molar-refractivity contribution in [3.8, 4) is 0 Å². The largest absolute Gasteiger partial charge is 0.364 e. The minimum absolute atomic E-state index is 0.113. The van der Waals surface area contributed by atoms with E-state index >= 15 is 0 Å². The number of pyridine rings is 1. The van der Waals surface area contributed by atoms with Crippen molar-refractivity contribution in [2.24, 2.45) is 5.73 Å². The smallest absolute Gasteiger partial charge is 0.264 e. The van der Waals surface area contributed by atoms with Crippen LogP contribution in [0.3, 0.4) is 0 Å². The first kappa shape index (κ1) is 10.8. The summed E-state index contributed by atoms with van der Waals surface area (Å²) < 4.78 is 0. The molecule has 0 saturated carbocycles. The van der Waals surface area contributed by atoms with E-state index in [0.29, 0.717) is 5.70 Å². The lowest BCUT2D eigenvalue weighted by Gasteiger charge is -2.23. The van der Waals surface area contributed by atoms with E-state index in [1.54, 1.807) is 6.20 Å². The summed E-state index contributed by atoms with van der Waals surface area (Å²) in [6.07, 6.45) is 3.63. The molecule has 0 aliphatic carbocycles. The molecule has 0 saturated heterocycles. The third-order valence-corrected chi connectivity index (χ3v) is 3.22. The number of hydrogen-bond donors (Lipinski definition) is 2. The number of nitrogens with one attached hydrogen (secondary N) is 1. The SMILES string of the molecule is CC1C=C(C(N)=O)Nc2ccc3cccnc3c21. The molecule has 1 unspecified atom stereocenters. The molecule has 1 aromatic carbocycles. The third kappa shape index (κ3) is 1.54. The topological polar surface area (TPSA) is 68.0 Å². The number of amides is 1. The summed E-state index contributed by atoms with van der Waals surface area (Å²) in [4.78, 5) is 15.7. The molecule has 0 bridgehead atoms. The second-order valence-corrected chi connectivity index (χ2v) is 4.46. The summed E-state index contributed by atoms with van der Waals surface area (Å²) in [5, 5.41) is 4.16. The van der Waals surface area contributed by atoms with Crippen LogP contribution in [0, 0.1) is 0 Å². The Morgan fingerprint density at radius 2 is 2.22 bits per heavy atom. The van der Waals surface area contributed by atoms with Crippen molar-refractivity contribution in [1.82, 2.24) is 4.98 Å². The average molecular weight is 239 g/mol. The van der Waals surface area contributed by atoms with E-state index in [9.17, 15) is 4.79 Å². The predicted molar refractivity (Wildman–Crippen MR) is 71.1 cm³/mol. The number of allylic oxidation sites excluding steroid dienone is 1. The molecule has 1 aromatic heterocycles. The highest BCUT2D eigenvalue weighted by Gasteiger charge is 2.21. The number of fused-ring (bicyclic) bond motifs is 3. The lowest BCUT2D eigenvalue weighted by molar-refractivity contribution is -0.114. The molecule has 4 heteroatoms. The summed E-state index contributed by atoms with van der Waals surface area (Å²) in [7, 11) is 0. The van der Waals surface area contributed by atoms with Crippen molar-refractivity contribution in [1.29, 1.82) is 0 Å². The quantitative estimate of drug-likeness (QED) is 0.801. The summed E-state index contributed by atoms with van der Waals surface area (Å²) in [5.74, 6) is -0.323. The number of carbonyl (C=O) groups excluding carboxylic acids is 1. The maximum atomic E-state index is 11.2. The molecule has 0 radical (unpaired) electrons. The van der Waals surface area contributed by atoms with E-state index in [4.69, 9.17) is 5.73 Å². The second kappa shape index (κ2) is 3.84. The van der Waals surface area contributed by atoms with Gasteiger partial charge in [-0.2, -0.15) is 0 Å². The number of nitrogens with zero attached hydrogens (tertiary/aromatic N) is 1. The number of anilines is 1. The summed E-state index contributed by atoms with van der Waals surface area (Å²) in [5.41, 5.74) is 8.75. The number of aromatic nitrogens is 1. The fraction of sp³-hybridized carbons (Fsp3) is 0.143. The molecule has 2 aromatic rings. The van der Waals surface area contributed by atoms with Crippen molar-refractivity contribution in [2.75, 3.05) is 5.32 Å². The van der Waals surface area contributed by atoms with Gasteiger partial charge in [-0.15, -0.1) is 0 Å². The Kier molecular flexibility index (Phi) is 2.30. The molecule has 4 nitrogen and oxygen atoms in total. The molecular formula is C14H13N3O. The van der Waals surface area contributed by atoms with E-state index in [-0.39, 0.29) is 5.92 Å². The highest BCUT2D eigenvalue weighted by molar-refractivity contribution is 5.98. The van der Waals surface area contributed by atoms with E-state index in [1.165, 1.54) is 0 Å². The number of benzene rings is 1. The van der Waals surface area contributed by atoms with Gasteiger partial charge in [0.05, 0.1) is 5.52 Å². The maximum Gasteiger partial charge on any atom is 0.264 e. The van der Waals surface area contributed by atoms with Crippen LogP contribution in [0.25, 0.3) is 10.9 Å². The van der Waals surface area contributed by atoms with Gasteiger partial charge in [0.15, 0.2) is 0 Å². The van der Waals surface area contributed by atoms with Crippen molar-refractivity contribution in [3.63, 3.8) is 0 Å². The first-order valence-electron chi connectivity index (χ1n) is 5.83. The molecule has 1 aliphatic heterocycles. The molecule has 18 heavy (non-hydrogen) atoms. The first-order chi connectivity index (χ1) is 8.66. The van der Waals surface area contributed by atoms with Crippen LogP contribution in [0.1, 0.15) is 18.4 Å². The lowest BCUT2D eigenvalue weighted by atomic mass is 9.92. The van der Waals surface area contributed by atoms with Crippen LogP contribution in [0.5, 0.6) is 0 Å². The zero-order chi connectivity index (χ0) is 12.7. The van der Waals surface area contributed by atoms with Crippen molar-refractivity contribution in [3.05, 3.63) is 47.8 Å². The molecule has 0 fully saturated rings. The zero-order valence-electron chi connectivity index (χ0n) is 9.97. The van der Waals surface area contributed by atoms with Crippen LogP contribution in [-0.2, 0) is 4.79 Å². The highest BCUT2D eigenvalue weighted by Crippen LogP contribution is 2.36. The Balaban J connectivity index is 2.23. The Hall–Kier alpha value is -2.36. The third-order valence-electron chi connectivity index (χ3n) is 3.22. The minimum Gasteiger partial charge on any atom is -0.364 e. The van der Waals surface area contributed by atoms with Crippen LogP contribution in [0.15, 0.2) is 42.2 Å². The van der Waals surface area contributed by atoms with Gasteiger partial charge >= 0.3 is 0 Å². The van der Waals surface area contributed by atoms with E-state index < -0.39 is 5.91 Å². The number of hydrogen-bond acceptors (Lipinski definition) is 3. The van der Waals surface area contributed by atoms with E-state index in [2.05, 4.69) is 10.3 Å². The fourth-order valence-electron chi connectivity index (χ4n) is 2.40. The lowest BCUT2D eigenvalue weighted by Crippen LogP contribution is -2.23. The van der Waals surface area contributed by atoms with Crippen LogP contribution in [0.2, 0.25) is 0 Å². The van der Waals surface area contributed by atoms with Gasteiger partial charge in [-0.1, -0.05) is 19.1 Å². The number of primary amides is 1. The van der Waals surface area contributed by atoms with Gasteiger partial charge in [-0.25, -0.2) is 0 Å². The van der Waals surface area contributed by atoms with Crippen molar-refractivity contribution < 1.29 is 4.79 Å².